The first kappa shape index (κ1) is 27.2. The van der Waals surface area contributed by atoms with Crippen LogP contribution in [0.15, 0.2) is 35.1 Å². The number of alkyl halides is 1. The minimum Gasteiger partial charge on any atom is -0.485 e. The number of pyridine rings is 2. The summed E-state index contributed by atoms with van der Waals surface area (Å²) in [5.41, 5.74) is 1.55. The summed E-state index contributed by atoms with van der Waals surface area (Å²) in [7, 11) is 1.71. The molecule has 39 heavy (non-hydrogen) atoms. The predicted octanol–water partition coefficient (Wildman–Crippen LogP) is 4.00. The van der Waals surface area contributed by atoms with Gasteiger partial charge in [-0.1, -0.05) is 25.4 Å². The molecule has 0 bridgehead atoms. The van der Waals surface area contributed by atoms with E-state index in [1.807, 2.05) is 36.9 Å². The van der Waals surface area contributed by atoms with Gasteiger partial charge >= 0.3 is 0 Å². The van der Waals surface area contributed by atoms with Gasteiger partial charge in [0.2, 0.25) is 0 Å². The van der Waals surface area contributed by atoms with Gasteiger partial charge in [0.15, 0.2) is 11.6 Å². The zero-order valence-electron chi connectivity index (χ0n) is 22.2. The minimum absolute atomic E-state index is 0.118. The highest BCUT2D eigenvalue weighted by atomic mass is 35.5. The lowest BCUT2D eigenvalue weighted by molar-refractivity contribution is -0.000135. The lowest BCUT2D eigenvalue weighted by atomic mass is 9.89. The minimum atomic E-state index is -0.897. The number of benzene rings is 1. The summed E-state index contributed by atoms with van der Waals surface area (Å²) in [5.74, 6) is 0.745. The van der Waals surface area contributed by atoms with E-state index >= 15 is 0 Å². The van der Waals surface area contributed by atoms with Gasteiger partial charge in [-0.25, -0.2) is 9.37 Å². The largest absolute Gasteiger partial charge is 0.485 e. The Morgan fingerprint density at radius 3 is 2.74 bits per heavy atom. The average Bonchev–Trinajstić information content (AvgIpc) is 2.94. The number of halogens is 2. The van der Waals surface area contributed by atoms with Crippen molar-refractivity contribution in [3.8, 4) is 11.8 Å². The molecule has 0 spiro atoms. The molecule has 4 atom stereocenters. The first-order chi connectivity index (χ1) is 18.7. The quantitative estimate of drug-likeness (QED) is 0.471. The summed E-state index contributed by atoms with van der Waals surface area (Å²) >= 11 is 6.52. The second-order valence-corrected chi connectivity index (χ2v) is 10.8. The Morgan fingerprint density at radius 2 is 2.05 bits per heavy atom. The summed E-state index contributed by atoms with van der Waals surface area (Å²) in [6.45, 7) is 7.02. The van der Waals surface area contributed by atoms with E-state index < -0.39 is 6.17 Å². The van der Waals surface area contributed by atoms with E-state index in [4.69, 9.17) is 26.1 Å². The fourth-order valence-corrected chi connectivity index (χ4v) is 5.47. The third-order valence-electron chi connectivity index (χ3n) is 7.36. The molecular weight excluding hydrogens is 523 g/mol. The zero-order chi connectivity index (χ0) is 27.7. The number of nitrogens with zero attached hydrogens (tertiary/aromatic N) is 4. The number of rotatable bonds is 6. The molecule has 9 nitrogen and oxygen atoms in total. The molecule has 0 amide bonds. The molecule has 0 aliphatic carbocycles. The van der Waals surface area contributed by atoms with E-state index in [0.29, 0.717) is 54.2 Å². The number of ether oxygens (including phenoxy) is 2. The van der Waals surface area contributed by atoms with Crippen molar-refractivity contribution in [2.75, 3.05) is 49.6 Å². The van der Waals surface area contributed by atoms with Crippen molar-refractivity contribution in [3.05, 3.63) is 51.3 Å². The van der Waals surface area contributed by atoms with Crippen LogP contribution in [0.25, 0.3) is 10.9 Å². The molecule has 4 heterocycles. The van der Waals surface area contributed by atoms with Crippen LogP contribution < -0.4 is 25.8 Å². The lowest BCUT2D eigenvalue weighted by Gasteiger charge is -2.38. The van der Waals surface area contributed by atoms with Gasteiger partial charge in [0.25, 0.3) is 5.56 Å². The molecule has 2 fully saturated rings. The van der Waals surface area contributed by atoms with Crippen LogP contribution in [0.1, 0.15) is 19.4 Å². The van der Waals surface area contributed by atoms with E-state index in [0.717, 1.165) is 17.4 Å². The van der Waals surface area contributed by atoms with Crippen LogP contribution in [0, 0.1) is 23.2 Å². The van der Waals surface area contributed by atoms with Crippen molar-refractivity contribution < 1.29 is 13.9 Å². The van der Waals surface area contributed by atoms with Gasteiger partial charge in [0, 0.05) is 56.1 Å². The molecule has 0 saturated carbocycles. The molecular formula is C28H32ClFN6O3. The monoisotopic (exact) mass is 554 g/mol. The highest BCUT2D eigenvalue weighted by Gasteiger charge is 2.33. The van der Waals surface area contributed by atoms with Crippen molar-refractivity contribution in [2.24, 2.45) is 18.9 Å². The smallest absolute Gasteiger partial charge is 0.293 e. The number of hydrogen-bond acceptors (Lipinski definition) is 8. The van der Waals surface area contributed by atoms with E-state index in [1.54, 1.807) is 23.7 Å². The SMILES string of the molecule is C[C@@H]1CN(c2nc(Nc3ccc4c(c3)cc(OCC3CNCCO3)c(=O)n4C)c(Cl)cc2C#N)C[C@H](C)C1F. The number of anilines is 3. The Hall–Kier alpha value is -3.39. The van der Waals surface area contributed by atoms with Crippen molar-refractivity contribution >= 4 is 39.8 Å². The molecule has 2 N–H and O–H groups in total. The summed E-state index contributed by atoms with van der Waals surface area (Å²) in [5, 5.41) is 17.3. The van der Waals surface area contributed by atoms with E-state index in [9.17, 15) is 14.4 Å². The highest BCUT2D eigenvalue weighted by Crippen LogP contribution is 2.34. The fourth-order valence-electron chi connectivity index (χ4n) is 5.28. The molecule has 206 valence electrons. The molecule has 2 unspecified atom stereocenters. The average molecular weight is 555 g/mol. The molecule has 2 aliphatic rings. The number of morpholine rings is 1. The van der Waals surface area contributed by atoms with Gasteiger partial charge < -0.3 is 29.6 Å². The van der Waals surface area contributed by atoms with Crippen molar-refractivity contribution in [3.63, 3.8) is 0 Å². The van der Waals surface area contributed by atoms with Crippen molar-refractivity contribution in [1.82, 2.24) is 14.9 Å². The Bertz CT molecular complexity index is 1460. The first-order valence-electron chi connectivity index (χ1n) is 13.1. The Labute approximate surface area is 231 Å². The molecule has 0 radical (unpaired) electrons. The first-order valence-corrected chi connectivity index (χ1v) is 13.5. The molecule has 2 aliphatic heterocycles. The van der Waals surface area contributed by atoms with Gasteiger partial charge in [0.05, 0.1) is 22.7 Å². The zero-order valence-corrected chi connectivity index (χ0v) is 23.0. The number of nitrogens with one attached hydrogen (secondary N) is 2. The Balaban J connectivity index is 1.43. The molecule has 3 aromatic rings. The van der Waals surface area contributed by atoms with Crippen molar-refractivity contribution in [1.29, 1.82) is 5.26 Å². The van der Waals surface area contributed by atoms with E-state index in [1.165, 1.54) is 0 Å². The fraction of sp³-hybridized carbons (Fsp3) is 0.464. The van der Waals surface area contributed by atoms with Gasteiger partial charge in [-0.3, -0.25) is 4.79 Å². The van der Waals surface area contributed by atoms with Crippen LogP contribution in [0.2, 0.25) is 5.02 Å². The maximum atomic E-state index is 14.4. The second-order valence-electron chi connectivity index (χ2n) is 10.4. The van der Waals surface area contributed by atoms with Gasteiger partial charge in [-0.2, -0.15) is 5.26 Å². The van der Waals surface area contributed by atoms with Crippen LogP contribution in [-0.4, -0.2) is 61.2 Å². The van der Waals surface area contributed by atoms with Crippen molar-refractivity contribution in [2.45, 2.75) is 26.1 Å². The van der Waals surface area contributed by atoms with Crippen LogP contribution >= 0.6 is 11.6 Å². The number of hydrogen-bond donors (Lipinski definition) is 2. The van der Waals surface area contributed by atoms with Crippen LogP contribution in [0.5, 0.6) is 5.75 Å². The maximum absolute atomic E-state index is 14.4. The van der Waals surface area contributed by atoms with Gasteiger partial charge in [-0.15, -0.1) is 0 Å². The summed E-state index contributed by atoms with van der Waals surface area (Å²) in [6, 6.07) is 11.0. The Kier molecular flexibility index (Phi) is 7.93. The predicted molar refractivity (Wildman–Crippen MR) is 150 cm³/mol. The third kappa shape index (κ3) is 5.66. The van der Waals surface area contributed by atoms with Crippen LogP contribution in [0.4, 0.5) is 21.7 Å². The van der Waals surface area contributed by atoms with Crippen LogP contribution in [0.3, 0.4) is 0 Å². The molecule has 11 heteroatoms. The highest BCUT2D eigenvalue weighted by molar-refractivity contribution is 6.33. The summed E-state index contributed by atoms with van der Waals surface area (Å²) in [4.78, 5) is 19.5. The number of piperidine rings is 1. The molecule has 1 aromatic carbocycles. The Morgan fingerprint density at radius 1 is 1.28 bits per heavy atom. The van der Waals surface area contributed by atoms with Crippen LogP contribution in [-0.2, 0) is 11.8 Å². The topological polar surface area (TPSA) is 104 Å². The van der Waals surface area contributed by atoms with E-state index in [-0.39, 0.29) is 35.9 Å². The number of nitriles is 1. The summed E-state index contributed by atoms with van der Waals surface area (Å²) in [6.07, 6.45) is -1.02. The molecule has 2 aromatic heterocycles. The number of aryl methyl sites for hydroxylation is 1. The molecule has 5 rings (SSSR count). The number of fused-ring (bicyclic) bond motifs is 1. The van der Waals surface area contributed by atoms with Gasteiger partial charge in [0.1, 0.15) is 30.8 Å². The third-order valence-corrected chi connectivity index (χ3v) is 7.65. The normalized spacial score (nSPS) is 23.4. The molecule has 2 saturated heterocycles. The van der Waals surface area contributed by atoms with Gasteiger partial charge in [-0.05, 0) is 30.3 Å². The second kappa shape index (κ2) is 11.4. The van der Waals surface area contributed by atoms with E-state index in [2.05, 4.69) is 16.7 Å². The maximum Gasteiger partial charge on any atom is 0.293 e. The standard InChI is InChI=1S/C28H32ClFN6O3/c1-16-13-36(14-17(2)25(16)30)27-19(11-31)9-22(29)26(34-27)33-20-4-5-23-18(8-20)10-24(28(37)35(23)3)39-15-21-12-32-6-7-38-21/h4-5,8-10,16-17,21,25,32H,6-7,12-15H2,1-3H3,(H,33,34)/t16-,17+,21?,25?. The summed E-state index contributed by atoms with van der Waals surface area (Å²) < 4.78 is 27.5. The lowest BCUT2D eigenvalue weighted by Crippen LogP contribution is -2.46. The number of aromatic nitrogens is 2.